The average molecular weight is 282 g/mol. The molecule has 2 aromatic carbocycles. The highest BCUT2D eigenvalue weighted by Crippen LogP contribution is 2.14. The highest BCUT2D eigenvalue weighted by molar-refractivity contribution is 5.97. The Morgan fingerprint density at radius 3 is 1.80 bits per heavy atom. The Labute approximate surface area is 124 Å². The van der Waals surface area contributed by atoms with Gasteiger partial charge in [-0.1, -0.05) is 72.3 Å². The highest BCUT2D eigenvalue weighted by atomic mass is 28.2. The summed E-state index contributed by atoms with van der Waals surface area (Å²) in [5.41, 5.74) is 4.23. The smallest absolute Gasteiger partial charge is 0.145 e. The van der Waals surface area contributed by atoms with Gasteiger partial charge in [0.2, 0.25) is 0 Å². The van der Waals surface area contributed by atoms with Gasteiger partial charge in [0.05, 0.1) is 0 Å². The molecule has 0 bridgehead atoms. The van der Waals surface area contributed by atoms with Gasteiger partial charge in [0.1, 0.15) is 10.5 Å². The summed E-state index contributed by atoms with van der Waals surface area (Å²) in [6.07, 6.45) is 5.41. The second kappa shape index (κ2) is 8.51. The van der Waals surface area contributed by atoms with Gasteiger partial charge in [-0.3, -0.25) is 0 Å². The molecular weight excluding hydrogens is 260 g/mol. The Bertz CT molecular complexity index is 476. The third-order valence-corrected chi connectivity index (χ3v) is 3.71. The molecule has 104 valence electrons. The monoisotopic (exact) mass is 282 g/mol. The van der Waals surface area contributed by atoms with Gasteiger partial charge in [-0.25, -0.2) is 0 Å². The maximum Gasteiger partial charge on any atom is 0.145 e. The topological polar surface area (TPSA) is 9.23 Å². The first kappa shape index (κ1) is 14.8. The van der Waals surface area contributed by atoms with E-state index >= 15 is 0 Å². The molecule has 0 N–H and O–H groups in total. The molecule has 0 spiro atoms. The van der Waals surface area contributed by atoms with E-state index in [1.165, 1.54) is 16.7 Å². The van der Waals surface area contributed by atoms with E-state index in [1.54, 1.807) is 0 Å². The van der Waals surface area contributed by atoms with Crippen LogP contribution in [0.3, 0.4) is 0 Å². The molecule has 0 heterocycles. The maximum atomic E-state index is 5.29. The molecule has 0 aromatic heterocycles. The second-order valence-electron chi connectivity index (χ2n) is 4.97. The summed E-state index contributed by atoms with van der Waals surface area (Å²) in [6, 6.07) is 21.4. The fourth-order valence-corrected chi connectivity index (χ4v) is 2.54. The number of benzene rings is 2. The van der Waals surface area contributed by atoms with E-state index in [9.17, 15) is 0 Å². The van der Waals surface area contributed by atoms with Crippen molar-refractivity contribution < 1.29 is 4.43 Å². The van der Waals surface area contributed by atoms with Crippen molar-refractivity contribution in [2.45, 2.75) is 19.3 Å². The van der Waals surface area contributed by atoms with E-state index in [0.29, 0.717) is 0 Å². The predicted octanol–water partition coefficient (Wildman–Crippen LogP) is 3.09. The summed E-state index contributed by atoms with van der Waals surface area (Å²) >= 11 is 0. The van der Waals surface area contributed by atoms with E-state index in [2.05, 4.69) is 66.7 Å². The summed E-state index contributed by atoms with van der Waals surface area (Å²) in [5, 5.41) is 0. The van der Waals surface area contributed by atoms with Crippen LogP contribution in [0.4, 0.5) is 0 Å². The molecule has 0 saturated carbocycles. The minimum absolute atomic E-state index is 0.824. The molecule has 2 heteroatoms. The van der Waals surface area contributed by atoms with Crippen LogP contribution in [0.1, 0.15) is 17.5 Å². The zero-order chi connectivity index (χ0) is 14.0. The largest absolute Gasteiger partial charge is 0.428 e. The number of allylic oxidation sites excluding steroid dienone is 1. The molecule has 0 aliphatic rings. The first-order valence-corrected chi connectivity index (χ1v) is 7.95. The fraction of sp³-hybridized carbons (Fsp3) is 0.222. The van der Waals surface area contributed by atoms with Crippen LogP contribution < -0.4 is 0 Å². The first-order valence-electron chi connectivity index (χ1n) is 7.13. The highest BCUT2D eigenvalue weighted by Gasteiger charge is 2.01. The second-order valence-corrected chi connectivity index (χ2v) is 5.55. The predicted molar refractivity (Wildman–Crippen MR) is 88.9 cm³/mol. The van der Waals surface area contributed by atoms with Crippen LogP contribution >= 0.6 is 0 Å². The Morgan fingerprint density at radius 1 is 0.850 bits per heavy atom. The van der Waals surface area contributed by atoms with Crippen molar-refractivity contribution in [2.75, 3.05) is 6.61 Å². The Balaban J connectivity index is 2.06. The van der Waals surface area contributed by atoms with Crippen LogP contribution in [0.25, 0.3) is 0 Å². The SMILES string of the molecule is [SiH3]OCCC=C(Cc1ccccc1)Cc1ccccc1. The lowest BCUT2D eigenvalue weighted by atomic mass is 9.97. The van der Waals surface area contributed by atoms with Crippen molar-refractivity contribution >= 4 is 10.5 Å². The Morgan fingerprint density at radius 2 is 1.35 bits per heavy atom. The summed E-state index contributed by atoms with van der Waals surface area (Å²) in [6.45, 7) is 0.847. The summed E-state index contributed by atoms with van der Waals surface area (Å²) < 4.78 is 5.29. The molecule has 20 heavy (non-hydrogen) atoms. The zero-order valence-corrected chi connectivity index (χ0v) is 14.1. The lowest BCUT2D eigenvalue weighted by Crippen LogP contribution is -1.97. The van der Waals surface area contributed by atoms with Gasteiger partial charge in [0.15, 0.2) is 0 Å². The molecule has 0 unspecified atom stereocenters. The minimum atomic E-state index is 0.824. The quantitative estimate of drug-likeness (QED) is 0.431. The summed E-state index contributed by atoms with van der Waals surface area (Å²) in [4.78, 5) is 0. The van der Waals surface area contributed by atoms with Gasteiger partial charge in [-0.2, -0.15) is 0 Å². The molecule has 0 fully saturated rings. The van der Waals surface area contributed by atoms with Crippen molar-refractivity contribution in [2.24, 2.45) is 0 Å². The molecule has 0 aliphatic carbocycles. The van der Waals surface area contributed by atoms with Crippen molar-refractivity contribution in [1.29, 1.82) is 0 Å². The molecule has 0 aliphatic heterocycles. The van der Waals surface area contributed by atoms with E-state index in [1.807, 2.05) is 0 Å². The van der Waals surface area contributed by atoms with Gasteiger partial charge < -0.3 is 4.43 Å². The van der Waals surface area contributed by atoms with Gasteiger partial charge in [-0.15, -0.1) is 0 Å². The average Bonchev–Trinajstić information content (AvgIpc) is 2.49. The molecular formula is C18H22OSi. The van der Waals surface area contributed by atoms with Crippen LogP contribution in [-0.2, 0) is 17.3 Å². The lowest BCUT2D eigenvalue weighted by molar-refractivity contribution is 0.357. The van der Waals surface area contributed by atoms with Crippen molar-refractivity contribution in [3.63, 3.8) is 0 Å². The fourth-order valence-electron chi connectivity index (χ4n) is 2.30. The van der Waals surface area contributed by atoms with Crippen molar-refractivity contribution in [1.82, 2.24) is 0 Å². The molecule has 0 amide bonds. The van der Waals surface area contributed by atoms with E-state index in [0.717, 1.165) is 36.4 Å². The molecule has 2 rings (SSSR count). The van der Waals surface area contributed by atoms with Crippen molar-refractivity contribution in [3.05, 3.63) is 83.4 Å². The van der Waals surface area contributed by atoms with Crippen molar-refractivity contribution in [3.8, 4) is 0 Å². The molecule has 2 aromatic rings. The van der Waals surface area contributed by atoms with E-state index in [-0.39, 0.29) is 0 Å². The number of rotatable bonds is 7. The molecule has 0 radical (unpaired) electrons. The van der Waals surface area contributed by atoms with Crippen LogP contribution in [0.5, 0.6) is 0 Å². The van der Waals surface area contributed by atoms with Gasteiger partial charge in [0, 0.05) is 6.61 Å². The van der Waals surface area contributed by atoms with Crippen LogP contribution in [0, 0.1) is 0 Å². The number of hydrogen-bond acceptors (Lipinski definition) is 1. The minimum Gasteiger partial charge on any atom is -0.428 e. The molecule has 1 nitrogen and oxygen atoms in total. The maximum absolute atomic E-state index is 5.29. The normalized spacial score (nSPS) is 10.4. The Kier molecular flexibility index (Phi) is 6.28. The van der Waals surface area contributed by atoms with Gasteiger partial charge in [-0.05, 0) is 30.4 Å². The van der Waals surface area contributed by atoms with Crippen LogP contribution in [-0.4, -0.2) is 17.1 Å². The summed E-state index contributed by atoms with van der Waals surface area (Å²) in [7, 11) is 0.824. The zero-order valence-electron chi connectivity index (χ0n) is 12.1. The van der Waals surface area contributed by atoms with E-state index in [4.69, 9.17) is 4.43 Å². The van der Waals surface area contributed by atoms with Crippen LogP contribution in [0.2, 0.25) is 0 Å². The van der Waals surface area contributed by atoms with Gasteiger partial charge in [0.25, 0.3) is 0 Å². The first-order chi connectivity index (χ1) is 9.88. The van der Waals surface area contributed by atoms with Gasteiger partial charge >= 0.3 is 0 Å². The lowest BCUT2D eigenvalue weighted by Gasteiger charge is -2.09. The molecule has 0 saturated heterocycles. The third-order valence-electron chi connectivity index (χ3n) is 3.30. The third kappa shape index (κ3) is 5.15. The van der Waals surface area contributed by atoms with E-state index < -0.39 is 0 Å². The molecule has 0 atom stereocenters. The van der Waals surface area contributed by atoms with Crippen LogP contribution in [0.15, 0.2) is 72.3 Å². The Hall–Kier alpha value is -1.64. The summed E-state index contributed by atoms with van der Waals surface area (Å²) in [5.74, 6) is 0. The number of hydrogen-bond donors (Lipinski definition) is 0. The standard InChI is InChI=1S/C18H22OSi/c20-19-13-7-12-18(14-16-8-3-1-4-9-16)15-17-10-5-2-6-11-17/h1-6,8-12H,7,13-15H2,20H3.